The van der Waals surface area contributed by atoms with Crippen LogP contribution < -0.4 is 10.6 Å². The number of anilines is 1. The van der Waals surface area contributed by atoms with Gasteiger partial charge in [-0.2, -0.15) is 4.98 Å². The van der Waals surface area contributed by atoms with E-state index in [0.717, 1.165) is 13.0 Å². The van der Waals surface area contributed by atoms with Crippen LogP contribution >= 0.6 is 11.6 Å². The molecule has 0 atom stereocenters. The van der Waals surface area contributed by atoms with Gasteiger partial charge in [0.05, 0.1) is 10.6 Å². The average Bonchev–Trinajstić information content (AvgIpc) is 2.99. The lowest BCUT2D eigenvalue weighted by Gasteiger charge is -2.08. The average molecular weight is 310 g/mol. The number of nitrogens with one attached hydrogen (secondary N) is 2. The summed E-state index contributed by atoms with van der Waals surface area (Å²) in [6.45, 7) is 3.22. The molecule has 0 aromatic carbocycles. The summed E-state index contributed by atoms with van der Waals surface area (Å²) >= 11 is 6.01. The third-order valence-corrected chi connectivity index (χ3v) is 2.99. The Morgan fingerprint density at radius 2 is 2.24 bits per heavy atom. The Labute approximate surface area is 127 Å². The van der Waals surface area contributed by atoms with Gasteiger partial charge in [0, 0.05) is 25.7 Å². The van der Waals surface area contributed by atoms with Gasteiger partial charge in [0.15, 0.2) is 6.33 Å². The van der Waals surface area contributed by atoms with E-state index in [-0.39, 0.29) is 5.91 Å². The minimum atomic E-state index is -0.263. The maximum Gasteiger partial charge on any atom is 0.253 e. The minimum Gasteiger partial charge on any atom is -0.370 e. The molecule has 0 bridgehead atoms. The molecule has 0 spiro atoms. The first kappa shape index (κ1) is 15.2. The topological polar surface area (TPSA) is 92.9 Å². The first-order valence-electron chi connectivity index (χ1n) is 6.64. The molecule has 0 aliphatic heterocycles. The lowest BCUT2D eigenvalue weighted by atomic mass is 10.2. The quantitative estimate of drug-likeness (QED) is 0.811. The Morgan fingerprint density at radius 3 is 2.95 bits per heavy atom. The van der Waals surface area contributed by atoms with Crippen LogP contribution in [-0.4, -0.2) is 34.1 Å². The largest absolute Gasteiger partial charge is 0.370 e. The van der Waals surface area contributed by atoms with Gasteiger partial charge >= 0.3 is 0 Å². The van der Waals surface area contributed by atoms with Crippen LogP contribution in [0.1, 0.15) is 29.6 Å². The summed E-state index contributed by atoms with van der Waals surface area (Å²) in [7, 11) is 0. The lowest BCUT2D eigenvalue weighted by Crippen LogP contribution is -2.26. The number of carbonyl (C=O) groups is 1. The fourth-order valence-corrected chi connectivity index (χ4v) is 1.84. The first-order valence-corrected chi connectivity index (χ1v) is 7.01. The summed E-state index contributed by atoms with van der Waals surface area (Å²) in [5.74, 6) is 0.839. The van der Waals surface area contributed by atoms with E-state index in [0.29, 0.717) is 35.3 Å². The molecule has 0 saturated heterocycles. The van der Waals surface area contributed by atoms with Crippen molar-refractivity contribution in [3.05, 3.63) is 35.1 Å². The molecule has 2 N–H and O–H groups in total. The van der Waals surface area contributed by atoms with Gasteiger partial charge in [0.2, 0.25) is 5.89 Å². The van der Waals surface area contributed by atoms with Crippen LogP contribution in [0.15, 0.2) is 23.1 Å². The van der Waals surface area contributed by atoms with Crippen molar-refractivity contribution in [1.82, 2.24) is 20.4 Å². The van der Waals surface area contributed by atoms with Crippen molar-refractivity contribution in [2.75, 3.05) is 18.4 Å². The van der Waals surface area contributed by atoms with Gasteiger partial charge in [-0.25, -0.2) is 4.98 Å². The van der Waals surface area contributed by atoms with Crippen molar-refractivity contribution >= 4 is 23.3 Å². The Hall–Kier alpha value is -2.15. The molecule has 1 amide bonds. The number of carbonyl (C=O) groups excluding carboxylic acids is 1. The van der Waals surface area contributed by atoms with Crippen LogP contribution in [0.4, 0.5) is 5.82 Å². The second-order valence-electron chi connectivity index (χ2n) is 4.32. The van der Waals surface area contributed by atoms with Crippen molar-refractivity contribution in [3.8, 4) is 0 Å². The van der Waals surface area contributed by atoms with Gasteiger partial charge in [-0.1, -0.05) is 23.7 Å². The number of halogens is 1. The maximum atomic E-state index is 12.1. The minimum absolute atomic E-state index is 0.263. The van der Waals surface area contributed by atoms with Gasteiger partial charge < -0.3 is 15.2 Å². The molecule has 2 aromatic heterocycles. The highest BCUT2D eigenvalue weighted by molar-refractivity contribution is 6.33. The predicted molar refractivity (Wildman–Crippen MR) is 78.4 cm³/mol. The highest BCUT2D eigenvalue weighted by atomic mass is 35.5. The summed E-state index contributed by atoms with van der Waals surface area (Å²) < 4.78 is 4.85. The van der Waals surface area contributed by atoms with E-state index in [9.17, 15) is 4.79 Å². The monoisotopic (exact) mass is 309 g/mol. The molecule has 8 heteroatoms. The smallest absolute Gasteiger partial charge is 0.253 e. The third-order valence-electron chi connectivity index (χ3n) is 2.69. The second-order valence-corrected chi connectivity index (χ2v) is 4.72. The molecule has 7 nitrogen and oxygen atoms in total. The molecule has 21 heavy (non-hydrogen) atoms. The normalized spacial score (nSPS) is 10.4. The van der Waals surface area contributed by atoms with Crippen molar-refractivity contribution in [2.24, 2.45) is 0 Å². The van der Waals surface area contributed by atoms with E-state index in [1.54, 1.807) is 6.07 Å². The SMILES string of the molecule is CCCNc1cc(C(=O)NCCc2ncno2)c(Cl)cn1. The number of aromatic nitrogens is 3. The number of pyridine rings is 1. The molecule has 0 aliphatic carbocycles. The Bertz CT molecular complexity index is 588. The highest BCUT2D eigenvalue weighted by Crippen LogP contribution is 2.17. The van der Waals surface area contributed by atoms with Crippen LogP contribution in [0.5, 0.6) is 0 Å². The number of hydrogen-bond acceptors (Lipinski definition) is 6. The highest BCUT2D eigenvalue weighted by Gasteiger charge is 2.12. The Kier molecular flexibility index (Phi) is 5.51. The molecular formula is C13H16ClN5O2. The molecule has 0 fully saturated rings. The van der Waals surface area contributed by atoms with Crippen molar-refractivity contribution in [3.63, 3.8) is 0 Å². The second kappa shape index (κ2) is 7.58. The molecule has 0 saturated carbocycles. The van der Waals surface area contributed by atoms with E-state index in [1.807, 2.05) is 6.92 Å². The lowest BCUT2D eigenvalue weighted by molar-refractivity contribution is 0.0953. The van der Waals surface area contributed by atoms with Gasteiger partial charge in [0.1, 0.15) is 5.82 Å². The summed E-state index contributed by atoms with van der Waals surface area (Å²) in [5.41, 5.74) is 0.385. The zero-order chi connectivity index (χ0) is 15.1. The molecule has 0 unspecified atom stereocenters. The van der Waals surface area contributed by atoms with Crippen molar-refractivity contribution in [1.29, 1.82) is 0 Å². The zero-order valence-corrected chi connectivity index (χ0v) is 12.4. The fraction of sp³-hybridized carbons (Fsp3) is 0.385. The Morgan fingerprint density at radius 1 is 1.38 bits per heavy atom. The van der Waals surface area contributed by atoms with E-state index < -0.39 is 0 Å². The molecule has 2 aromatic rings. The Balaban J connectivity index is 1.94. The molecule has 2 heterocycles. The number of rotatable bonds is 7. The van der Waals surface area contributed by atoms with Crippen molar-refractivity contribution < 1.29 is 9.32 Å². The van der Waals surface area contributed by atoms with E-state index in [4.69, 9.17) is 16.1 Å². The predicted octanol–water partition coefficient (Wildman–Crippen LogP) is 1.91. The van der Waals surface area contributed by atoms with Crippen LogP contribution in [0.3, 0.4) is 0 Å². The van der Waals surface area contributed by atoms with E-state index in [2.05, 4.69) is 25.8 Å². The molecule has 2 rings (SSSR count). The standard InChI is InChI=1S/C13H16ClN5O2/c1-2-4-15-11-6-9(10(14)7-17-11)13(20)16-5-3-12-18-8-19-21-12/h6-8H,2-5H2,1H3,(H,15,17)(H,16,20). The number of nitrogens with zero attached hydrogens (tertiary/aromatic N) is 3. The van der Waals surface area contributed by atoms with Gasteiger partial charge in [-0.05, 0) is 12.5 Å². The fourth-order valence-electron chi connectivity index (χ4n) is 1.65. The number of amides is 1. The van der Waals surface area contributed by atoms with Gasteiger partial charge in [-0.15, -0.1) is 0 Å². The summed E-state index contributed by atoms with van der Waals surface area (Å²) in [4.78, 5) is 20.1. The number of hydrogen-bond donors (Lipinski definition) is 2. The third kappa shape index (κ3) is 4.42. The first-order chi connectivity index (χ1) is 10.2. The van der Waals surface area contributed by atoms with Crippen LogP contribution in [-0.2, 0) is 6.42 Å². The summed E-state index contributed by atoms with van der Waals surface area (Å²) in [6.07, 6.45) is 4.22. The molecule has 0 aliphatic rings. The molecular weight excluding hydrogens is 294 g/mol. The van der Waals surface area contributed by atoms with Crippen LogP contribution in [0, 0.1) is 0 Å². The van der Waals surface area contributed by atoms with Gasteiger partial charge in [-0.3, -0.25) is 4.79 Å². The van der Waals surface area contributed by atoms with Crippen LogP contribution in [0.25, 0.3) is 0 Å². The summed E-state index contributed by atoms with van der Waals surface area (Å²) in [6, 6.07) is 1.64. The maximum absolute atomic E-state index is 12.1. The molecule has 112 valence electrons. The van der Waals surface area contributed by atoms with E-state index in [1.165, 1.54) is 12.5 Å². The van der Waals surface area contributed by atoms with E-state index >= 15 is 0 Å². The summed E-state index contributed by atoms with van der Waals surface area (Å²) in [5, 5.41) is 9.68. The van der Waals surface area contributed by atoms with Gasteiger partial charge in [0.25, 0.3) is 5.91 Å². The zero-order valence-electron chi connectivity index (χ0n) is 11.6. The van der Waals surface area contributed by atoms with Crippen LogP contribution in [0.2, 0.25) is 5.02 Å². The van der Waals surface area contributed by atoms with Crippen molar-refractivity contribution in [2.45, 2.75) is 19.8 Å². The molecule has 0 radical (unpaired) electrons.